The largest absolute Gasteiger partial charge is 0.479 e. The van der Waals surface area contributed by atoms with Crippen LogP contribution in [-0.4, -0.2) is 27.8 Å². The SMILES string of the molecule is CC(O)C(=O)O.CCCCCC(C)C(C)(C)N. The number of hydrogen-bond donors (Lipinski definition) is 3. The van der Waals surface area contributed by atoms with Gasteiger partial charge in [0, 0.05) is 5.54 Å². The number of nitrogens with two attached hydrogens (primary N) is 1. The first-order valence-corrected chi connectivity index (χ1v) is 6.32. The maximum atomic E-state index is 9.45. The van der Waals surface area contributed by atoms with Crippen molar-refractivity contribution in [2.24, 2.45) is 11.7 Å². The smallest absolute Gasteiger partial charge is 0.332 e. The third-order valence-corrected chi connectivity index (χ3v) is 2.87. The molecular weight excluding hydrogens is 218 g/mol. The van der Waals surface area contributed by atoms with Gasteiger partial charge in [0.05, 0.1) is 0 Å². The number of carboxylic acid groups (broad SMARTS) is 1. The molecule has 0 aromatic carbocycles. The third kappa shape index (κ3) is 13.3. The van der Waals surface area contributed by atoms with Gasteiger partial charge in [0.2, 0.25) is 0 Å². The summed E-state index contributed by atoms with van der Waals surface area (Å²) in [7, 11) is 0. The second-order valence-electron chi connectivity index (χ2n) is 5.23. The zero-order chi connectivity index (χ0) is 14.1. The number of hydrogen-bond acceptors (Lipinski definition) is 3. The summed E-state index contributed by atoms with van der Waals surface area (Å²) in [6.07, 6.45) is 4.03. The first-order valence-electron chi connectivity index (χ1n) is 6.32. The van der Waals surface area contributed by atoms with Crippen LogP contribution in [0.3, 0.4) is 0 Å². The van der Waals surface area contributed by atoms with Crippen LogP contribution >= 0.6 is 0 Å². The van der Waals surface area contributed by atoms with Gasteiger partial charge in [-0.3, -0.25) is 0 Å². The fourth-order valence-corrected chi connectivity index (χ4v) is 1.07. The molecule has 0 bridgehead atoms. The highest BCUT2D eigenvalue weighted by molar-refractivity contribution is 5.71. The molecule has 0 amide bonds. The summed E-state index contributed by atoms with van der Waals surface area (Å²) in [4.78, 5) is 9.45. The van der Waals surface area contributed by atoms with E-state index in [0.29, 0.717) is 5.92 Å². The van der Waals surface area contributed by atoms with Crippen LogP contribution in [0.1, 0.15) is 60.3 Å². The van der Waals surface area contributed by atoms with Crippen molar-refractivity contribution < 1.29 is 15.0 Å². The predicted molar refractivity (Wildman–Crippen MR) is 70.9 cm³/mol. The normalized spacial score (nSPS) is 14.5. The topological polar surface area (TPSA) is 83.5 Å². The van der Waals surface area contributed by atoms with Crippen LogP contribution in [0.4, 0.5) is 0 Å². The molecule has 0 radical (unpaired) electrons. The molecule has 0 spiro atoms. The summed E-state index contributed by atoms with van der Waals surface area (Å²) in [5.74, 6) is -0.538. The first kappa shape index (κ1) is 18.7. The number of carboxylic acids is 1. The van der Waals surface area contributed by atoms with E-state index in [9.17, 15) is 4.79 Å². The quantitative estimate of drug-likeness (QED) is 0.629. The maximum absolute atomic E-state index is 9.45. The van der Waals surface area contributed by atoms with Gasteiger partial charge in [-0.2, -0.15) is 0 Å². The Hall–Kier alpha value is -0.610. The lowest BCUT2D eigenvalue weighted by Gasteiger charge is -2.27. The highest BCUT2D eigenvalue weighted by atomic mass is 16.4. The average Bonchev–Trinajstić information content (AvgIpc) is 2.17. The molecule has 0 aromatic rings. The standard InChI is InChI=1S/C10H23N.C3H6O3/c1-5-6-7-8-9(2)10(3,4)11;1-2(4)3(5)6/h9H,5-8,11H2,1-4H3;2,4H,1H3,(H,5,6). The summed E-state index contributed by atoms with van der Waals surface area (Å²) in [5, 5.41) is 15.8. The summed E-state index contributed by atoms with van der Waals surface area (Å²) >= 11 is 0. The van der Waals surface area contributed by atoms with Crippen molar-refractivity contribution in [3.05, 3.63) is 0 Å². The lowest BCUT2D eigenvalue weighted by molar-refractivity contribution is -0.145. The van der Waals surface area contributed by atoms with Crippen molar-refractivity contribution in [3.8, 4) is 0 Å². The van der Waals surface area contributed by atoms with Crippen LogP contribution in [0.15, 0.2) is 0 Å². The summed E-state index contributed by atoms with van der Waals surface area (Å²) < 4.78 is 0. The van der Waals surface area contributed by atoms with E-state index in [1.165, 1.54) is 32.6 Å². The predicted octanol–water partition coefficient (Wildman–Crippen LogP) is 2.39. The molecule has 2 unspecified atom stereocenters. The number of aliphatic carboxylic acids is 1. The van der Waals surface area contributed by atoms with E-state index in [0.717, 1.165) is 0 Å². The molecule has 4 N–H and O–H groups in total. The van der Waals surface area contributed by atoms with Gasteiger partial charge >= 0.3 is 5.97 Å². The fraction of sp³-hybridized carbons (Fsp3) is 0.923. The Morgan fingerprint density at radius 3 is 1.94 bits per heavy atom. The van der Waals surface area contributed by atoms with Crippen LogP contribution in [0.25, 0.3) is 0 Å². The minimum Gasteiger partial charge on any atom is -0.479 e. The van der Waals surface area contributed by atoms with E-state index in [1.54, 1.807) is 0 Å². The van der Waals surface area contributed by atoms with Gasteiger partial charge in [-0.05, 0) is 33.1 Å². The molecule has 2 atom stereocenters. The Kier molecular flexibility index (Phi) is 10.4. The lowest BCUT2D eigenvalue weighted by Crippen LogP contribution is -2.39. The number of carbonyl (C=O) groups is 1. The van der Waals surface area contributed by atoms with Crippen molar-refractivity contribution >= 4 is 5.97 Å². The first-order chi connectivity index (χ1) is 7.62. The molecule has 104 valence electrons. The Morgan fingerprint density at radius 1 is 1.29 bits per heavy atom. The Labute approximate surface area is 105 Å². The van der Waals surface area contributed by atoms with Crippen molar-refractivity contribution in [3.63, 3.8) is 0 Å². The highest BCUT2D eigenvalue weighted by Crippen LogP contribution is 2.19. The molecule has 0 rings (SSSR count). The van der Waals surface area contributed by atoms with E-state index in [4.69, 9.17) is 15.9 Å². The van der Waals surface area contributed by atoms with Gasteiger partial charge in [-0.15, -0.1) is 0 Å². The van der Waals surface area contributed by atoms with Crippen molar-refractivity contribution in [1.82, 2.24) is 0 Å². The summed E-state index contributed by atoms with van der Waals surface area (Å²) in [6.45, 7) is 9.91. The van der Waals surface area contributed by atoms with E-state index in [2.05, 4.69) is 27.7 Å². The monoisotopic (exact) mass is 247 g/mol. The molecule has 0 aromatic heterocycles. The molecule has 0 aliphatic heterocycles. The molecule has 0 fully saturated rings. The van der Waals surface area contributed by atoms with Crippen LogP contribution in [-0.2, 0) is 4.79 Å². The minimum atomic E-state index is -1.23. The van der Waals surface area contributed by atoms with Crippen LogP contribution in [0, 0.1) is 5.92 Å². The van der Waals surface area contributed by atoms with Gasteiger partial charge < -0.3 is 15.9 Å². The van der Waals surface area contributed by atoms with E-state index in [-0.39, 0.29) is 5.54 Å². The van der Waals surface area contributed by atoms with Crippen LogP contribution in [0.5, 0.6) is 0 Å². The summed E-state index contributed by atoms with van der Waals surface area (Å²) in [6, 6.07) is 0. The number of aliphatic hydroxyl groups is 1. The minimum absolute atomic E-state index is 0.00768. The molecule has 0 saturated carbocycles. The van der Waals surface area contributed by atoms with E-state index < -0.39 is 12.1 Å². The Morgan fingerprint density at radius 2 is 1.71 bits per heavy atom. The zero-order valence-corrected chi connectivity index (χ0v) is 11.9. The van der Waals surface area contributed by atoms with E-state index >= 15 is 0 Å². The lowest BCUT2D eigenvalue weighted by atomic mass is 9.86. The number of rotatable bonds is 6. The van der Waals surface area contributed by atoms with Crippen molar-refractivity contribution in [2.75, 3.05) is 0 Å². The summed E-state index contributed by atoms with van der Waals surface area (Å²) in [5.41, 5.74) is 5.97. The van der Waals surface area contributed by atoms with Crippen LogP contribution in [0.2, 0.25) is 0 Å². The fourth-order valence-electron chi connectivity index (χ4n) is 1.07. The molecule has 4 nitrogen and oxygen atoms in total. The number of aliphatic hydroxyl groups excluding tert-OH is 1. The average molecular weight is 247 g/mol. The van der Waals surface area contributed by atoms with Gasteiger partial charge in [-0.1, -0.05) is 33.1 Å². The Balaban J connectivity index is 0. The van der Waals surface area contributed by atoms with Gasteiger partial charge in [-0.25, -0.2) is 4.79 Å². The maximum Gasteiger partial charge on any atom is 0.332 e. The van der Waals surface area contributed by atoms with Crippen LogP contribution < -0.4 is 5.73 Å². The number of unbranched alkanes of at least 4 members (excludes halogenated alkanes) is 2. The molecule has 0 saturated heterocycles. The zero-order valence-electron chi connectivity index (χ0n) is 11.9. The van der Waals surface area contributed by atoms with Crippen molar-refractivity contribution in [1.29, 1.82) is 0 Å². The molecule has 0 aliphatic carbocycles. The van der Waals surface area contributed by atoms with Gasteiger partial charge in [0.15, 0.2) is 0 Å². The molecule has 17 heavy (non-hydrogen) atoms. The second-order valence-corrected chi connectivity index (χ2v) is 5.23. The van der Waals surface area contributed by atoms with Crippen molar-refractivity contribution in [2.45, 2.75) is 71.9 Å². The van der Waals surface area contributed by atoms with E-state index in [1.807, 2.05) is 0 Å². The van der Waals surface area contributed by atoms with Gasteiger partial charge in [0.1, 0.15) is 6.10 Å². The highest BCUT2D eigenvalue weighted by Gasteiger charge is 2.19. The molecule has 0 heterocycles. The molecule has 0 aliphatic rings. The molecule has 4 heteroatoms. The van der Waals surface area contributed by atoms with Gasteiger partial charge in [0.25, 0.3) is 0 Å². The Bertz CT molecular complexity index is 197. The third-order valence-electron chi connectivity index (χ3n) is 2.87. The second kappa shape index (κ2) is 9.42. The molecular formula is C13H29NO3.